The number of likely N-dealkylation sites (tertiary alicyclic amines) is 1. The Hall–Kier alpha value is -0.593. The Kier molecular flexibility index (Phi) is 6.25. The van der Waals surface area contributed by atoms with Crippen LogP contribution in [-0.4, -0.2) is 51.9 Å². The van der Waals surface area contributed by atoms with Crippen LogP contribution in [0.5, 0.6) is 0 Å². The molecule has 0 aromatic heterocycles. The summed E-state index contributed by atoms with van der Waals surface area (Å²) in [5.41, 5.74) is 0. The highest BCUT2D eigenvalue weighted by Gasteiger charge is 2.42. The van der Waals surface area contributed by atoms with Crippen LogP contribution < -0.4 is 0 Å². The lowest BCUT2D eigenvalue weighted by Gasteiger charge is -2.44. The van der Waals surface area contributed by atoms with Crippen LogP contribution in [0, 0.1) is 0 Å². The van der Waals surface area contributed by atoms with Crippen LogP contribution in [0.4, 0.5) is 4.79 Å². The summed E-state index contributed by atoms with van der Waals surface area (Å²) < 4.78 is 16.9. The highest BCUT2D eigenvalue weighted by molar-refractivity contribution is 6.74. The Morgan fingerprint density at radius 2 is 1.90 bits per heavy atom. The summed E-state index contributed by atoms with van der Waals surface area (Å²) in [6.45, 7) is 14.2. The van der Waals surface area contributed by atoms with Crippen molar-refractivity contribution in [2.45, 2.75) is 71.0 Å². The molecule has 1 aliphatic rings. The Bertz CT molecular complexity index is 354. The first-order chi connectivity index (χ1) is 9.62. The molecule has 0 spiro atoms. The van der Waals surface area contributed by atoms with Gasteiger partial charge in [-0.3, -0.25) is 4.90 Å². The summed E-state index contributed by atoms with van der Waals surface area (Å²) in [6.07, 6.45) is 1.26. The van der Waals surface area contributed by atoms with E-state index in [0.717, 1.165) is 12.8 Å². The van der Waals surface area contributed by atoms with E-state index < -0.39 is 8.32 Å². The molecule has 0 N–H and O–H groups in total. The molecule has 0 aliphatic carbocycles. The van der Waals surface area contributed by atoms with Crippen molar-refractivity contribution in [1.29, 1.82) is 0 Å². The molecule has 1 amide bonds. The van der Waals surface area contributed by atoms with Crippen molar-refractivity contribution in [2.75, 3.05) is 20.3 Å². The number of rotatable bonds is 4. The van der Waals surface area contributed by atoms with Gasteiger partial charge in [0.1, 0.15) is 6.23 Å². The molecule has 1 unspecified atom stereocenters. The van der Waals surface area contributed by atoms with Gasteiger partial charge in [-0.25, -0.2) is 4.79 Å². The number of piperidine rings is 1. The third-order valence-corrected chi connectivity index (χ3v) is 9.05. The van der Waals surface area contributed by atoms with Crippen LogP contribution in [0.15, 0.2) is 0 Å². The van der Waals surface area contributed by atoms with Crippen LogP contribution >= 0.6 is 0 Å². The largest absolute Gasteiger partial charge is 0.453 e. The highest BCUT2D eigenvalue weighted by Crippen LogP contribution is 2.38. The molecule has 2 atom stereocenters. The molecule has 0 radical (unpaired) electrons. The fourth-order valence-corrected chi connectivity index (χ4v) is 3.66. The fourth-order valence-electron chi connectivity index (χ4n) is 2.28. The number of ether oxygens (including phenoxy) is 2. The second-order valence-corrected chi connectivity index (χ2v) is 11.9. The average Bonchev–Trinajstić information content (AvgIpc) is 2.38. The summed E-state index contributed by atoms with van der Waals surface area (Å²) >= 11 is 0. The molecule has 0 aromatic carbocycles. The van der Waals surface area contributed by atoms with Crippen molar-refractivity contribution in [3.8, 4) is 0 Å². The van der Waals surface area contributed by atoms with E-state index in [0.29, 0.717) is 13.2 Å². The molecule has 0 aromatic rings. The first kappa shape index (κ1) is 18.5. The molecule has 1 fully saturated rings. The first-order valence-electron chi connectivity index (χ1n) is 7.76. The molecule has 21 heavy (non-hydrogen) atoms. The Morgan fingerprint density at radius 3 is 2.38 bits per heavy atom. The van der Waals surface area contributed by atoms with Gasteiger partial charge in [0.15, 0.2) is 8.32 Å². The van der Waals surface area contributed by atoms with Gasteiger partial charge in [-0.05, 0) is 37.9 Å². The van der Waals surface area contributed by atoms with E-state index in [-0.39, 0.29) is 23.5 Å². The van der Waals surface area contributed by atoms with Gasteiger partial charge in [-0.1, -0.05) is 20.8 Å². The van der Waals surface area contributed by atoms with Gasteiger partial charge in [0.2, 0.25) is 0 Å². The zero-order chi connectivity index (χ0) is 16.3. The number of hydrogen-bond donors (Lipinski definition) is 0. The standard InChI is InChI=1S/C15H31NO4Si/c1-8-19-13-10-9-12(11-16(13)14(17)18-5)20-21(6,7)15(2,3)4/h12-13H,8-11H2,1-7H3/t12-,13?/m0/s1. The zero-order valence-electron chi connectivity index (χ0n) is 14.6. The number of nitrogens with zero attached hydrogens (tertiary/aromatic N) is 1. The average molecular weight is 318 g/mol. The summed E-state index contributed by atoms with van der Waals surface area (Å²) in [5.74, 6) is 0. The Morgan fingerprint density at radius 1 is 1.29 bits per heavy atom. The zero-order valence-corrected chi connectivity index (χ0v) is 15.6. The van der Waals surface area contributed by atoms with E-state index >= 15 is 0 Å². The van der Waals surface area contributed by atoms with Crippen LogP contribution in [0.3, 0.4) is 0 Å². The fraction of sp³-hybridized carbons (Fsp3) is 0.933. The number of methoxy groups -OCH3 is 1. The molecular formula is C15H31NO4Si. The van der Waals surface area contributed by atoms with E-state index in [1.165, 1.54) is 7.11 Å². The van der Waals surface area contributed by atoms with E-state index in [2.05, 4.69) is 33.9 Å². The third-order valence-electron chi connectivity index (χ3n) is 4.52. The SMILES string of the molecule is CCOC1CC[C@H](O[Si](C)(C)C(C)(C)C)CN1C(=O)OC. The van der Waals surface area contributed by atoms with Gasteiger partial charge >= 0.3 is 6.09 Å². The van der Waals surface area contributed by atoms with Gasteiger partial charge in [-0.2, -0.15) is 0 Å². The van der Waals surface area contributed by atoms with E-state index in [1.807, 2.05) is 6.92 Å². The molecule has 1 saturated heterocycles. The van der Waals surface area contributed by atoms with Crippen molar-refractivity contribution < 1.29 is 18.7 Å². The third kappa shape index (κ3) is 4.69. The molecule has 124 valence electrons. The van der Waals surface area contributed by atoms with Gasteiger partial charge in [-0.15, -0.1) is 0 Å². The molecule has 1 rings (SSSR count). The van der Waals surface area contributed by atoms with Crippen molar-refractivity contribution in [3.63, 3.8) is 0 Å². The van der Waals surface area contributed by atoms with E-state index in [9.17, 15) is 4.79 Å². The highest BCUT2D eigenvalue weighted by atomic mass is 28.4. The minimum absolute atomic E-state index is 0.0710. The summed E-state index contributed by atoms with van der Waals surface area (Å²) in [6, 6.07) is 0. The van der Waals surface area contributed by atoms with Crippen LogP contribution in [0.1, 0.15) is 40.5 Å². The Labute approximate surface area is 130 Å². The molecule has 1 aliphatic heterocycles. The van der Waals surface area contributed by atoms with E-state index in [1.54, 1.807) is 4.90 Å². The smallest absolute Gasteiger partial charge is 0.411 e. The van der Waals surface area contributed by atoms with Crippen LogP contribution in [-0.2, 0) is 13.9 Å². The minimum atomic E-state index is -1.83. The lowest BCUT2D eigenvalue weighted by molar-refractivity contribution is -0.0882. The maximum absolute atomic E-state index is 11.9. The second-order valence-electron chi connectivity index (χ2n) is 7.11. The van der Waals surface area contributed by atoms with Gasteiger partial charge < -0.3 is 13.9 Å². The topological polar surface area (TPSA) is 48.0 Å². The molecule has 5 nitrogen and oxygen atoms in total. The monoisotopic (exact) mass is 317 g/mol. The molecular weight excluding hydrogens is 286 g/mol. The lowest BCUT2D eigenvalue weighted by Crippen LogP contribution is -2.54. The van der Waals surface area contributed by atoms with Gasteiger partial charge in [0.25, 0.3) is 0 Å². The van der Waals surface area contributed by atoms with Gasteiger partial charge in [0, 0.05) is 6.61 Å². The summed E-state index contributed by atoms with van der Waals surface area (Å²) in [4.78, 5) is 13.6. The number of carbonyl (C=O) groups excluding carboxylic acids is 1. The van der Waals surface area contributed by atoms with E-state index in [4.69, 9.17) is 13.9 Å². The Balaban J connectivity index is 2.74. The quantitative estimate of drug-likeness (QED) is 0.743. The summed E-state index contributed by atoms with van der Waals surface area (Å²) in [7, 11) is -0.421. The predicted molar refractivity (Wildman–Crippen MR) is 85.8 cm³/mol. The molecule has 0 bridgehead atoms. The minimum Gasteiger partial charge on any atom is -0.453 e. The van der Waals surface area contributed by atoms with Crippen molar-refractivity contribution in [1.82, 2.24) is 4.90 Å². The lowest BCUT2D eigenvalue weighted by atomic mass is 10.1. The molecule has 1 heterocycles. The first-order valence-corrected chi connectivity index (χ1v) is 10.7. The van der Waals surface area contributed by atoms with Crippen molar-refractivity contribution in [2.24, 2.45) is 0 Å². The van der Waals surface area contributed by atoms with Crippen molar-refractivity contribution >= 4 is 14.4 Å². The van der Waals surface area contributed by atoms with Crippen LogP contribution in [0.2, 0.25) is 18.1 Å². The molecule has 6 heteroatoms. The van der Waals surface area contributed by atoms with Crippen molar-refractivity contribution in [3.05, 3.63) is 0 Å². The summed E-state index contributed by atoms with van der Waals surface area (Å²) in [5, 5.41) is 0.167. The normalized spacial score (nSPS) is 24.0. The number of carbonyl (C=O) groups is 1. The second kappa shape index (κ2) is 7.11. The maximum Gasteiger partial charge on any atom is 0.411 e. The predicted octanol–water partition coefficient (Wildman–Crippen LogP) is 3.60. The van der Waals surface area contributed by atoms with Crippen LogP contribution in [0.25, 0.3) is 0 Å². The van der Waals surface area contributed by atoms with Gasteiger partial charge in [0.05, 0.1) is 19.8 Å². The number of hydrogen-bond acceptors (Lipinski definition) is 4. The molecule has 0 saturated carbocycles. The maximum atomic E-state index is 11.9. The number of amides is 1.